The van der Waals surface area contributed by atoms with Gasteiger partial charge in [-0.3, -0.25) is 4.79 Å². The third-order valence-electron chi connectivity index (χ3n) is 2.96. The van der Waals surface area contributed by atoms with Crippen molar-refractivity contribution in [2.75, 3.05) is 7.11 Å². The molecule has 0 rings (SSSR count). The van der Waals surface area contributed by atoms with E-state index in [4.69, 9.17) is 5.73 Å². The summed E-state index contributed by atoms with van der Waals surface area (Å²) in [5.74, 6) is -0.558. The van der Waals surface area contributed by atoms with Crippen molar-refractivity contribution in [3.05, 3.63) is 0 Å². The summed E-state index contributed by atoms with van der Waals surface area (Å²) in [5.41, 5.74) is 5.69. The van der Waals surface area contributed by atoms with E-state index in [1.807, 2.05) is 20.8 Å². The number of rotatable bonds is 7. The molecule has 3 unspecified atom stereocenters. The molecule has 3 N–H and O–H groups in total. The van der Waals surface area contributed by atoms with E-state index < -0.39 is 12.0 Å². The lowest BCUT2D eigenvalue weighted by atomic mass is 9.99. The van der Waals surface area contributed by atoms with Crippen molar-refractivity contribution in [3.8, 4) is 0 Å². The Balaban J connectivity index is 4.43. The van der Waals surface area contributed by atoms with Gasteiger partial charge < -0.3 is 15.8 Å². The molecule has 17 heavy (non-hydrogen) atoms. The van der Waals surface area contributed by atoms with Gasteiger partial charge in [0.25, 0.3) is 0 Å². The minimum Gasteiger partial charge on any atom is -0.467 e. The average Bonchev–Trinajstić information content (AvgIpc) is 2.33. The highest BCUT2D eigenvalue weighted by Gasteiger charge is 2.26. The lowest BCUT2D eigenvalue weighted by Crippen LogP contribution is -2.46. The van der Waals surface area contributed by atoms with Crippen LogP contribution >= 0.6 is 0 Å². The van der Waals surface area contributed by atoms with Gasteiger partial charge in [0.15, 0.2) is 0 Å². The number of carbonyl (C=O) groups is 2. The number of nitrogens with two attached hydrogens (primary N) is 1. The highest BCUT2D eigenvalue weighted by Crippen LogP contribution is 2.09. The molecule has 5 heteroatoms. The van der Waals surface area contributed by atoms with Crippen molar-refractivity contribution in [1.29, 1.82) is 0 Å². The number of methoxy groups -OCH3 is 1. The molecule has 0 aliphatic heterocycles. The van der Waals surface area contributed by atoms with E-state index in [0.717, 1.165) is 12.8 Å². The quantitative estimate of drug-likeness (QED) is 0.650. The Morgan fingerprint density at radius 1 is 1.29 bits per heavy atom. The SMILES string of the molecule is CCC(N)CC(=O)NC(C(=O)OC)C(C)CC. The van der Waals surface area contributed by atoms with Crippen LogP contribution in [0.5, 0.6) is 0 Å². The first-order valence-corrected chi connectivity index (χ1v) is 6.08. The van der Waals surface area contributed by atoms with E-state index in [0.29, 0.717) is 0 Å². The Morgan fingerprint density at radius 2 is 1.88 bits per heavy atom. The predicted octanol–water partition coefficient (Wildman–Crippen LogP) is 0.818. The molecule has 0 saturated carbocycles. The summed E-state index contributed by atoms with van der Waals surface area (Å²) in [6.45, 7) is 5.79. The van der Waals surface area contributed by atoms with Crippen LogP contribution in [0.3, 0.4) is 0 Å². The lowest BCUT2D eigenvalue weighted by molar-refractivity contribution is -0.146. The Bertz CT molecular complexity index is 256. The molecule has 0 radical (unpaired) electrons. The minimum absolute atomic E-state index is 0.0456. The van der Waals surface area contributed by atoms with Crippen LogP contribution in [0.1, 0.15) is 40.0 Å². The van der Waals surface area contributed by atoms with Crippen molar-refractivity contribution in [2.24, 2.45) is 11.7 Å². The van der Waals surface area contributed by atoms with Crippen molar-refractivity contribution in [2.45, 2.75) is 52.1 Å². The second-order valence-corrected chi connectivity index (χ2v) is 4.33. The van der Waals surface area contributed by atoms with E-state index in [2.05, 4.69) is 10.1 Å². The fraction of sp³-hybridized carbons (Fsp3) is 0.833. The van der Waals surface area contributed by atoms with Crippen LogP contribution in [0.2, 0.25) is 0 Å². The van der Waals surface area contributed by atoms with Gasteiger partial charge in [-0.2, -0.15) is 0 Å². The molecule has 0 bridgehead atoms. The van der Waals surface area contributed by atoms with Crippen LogP contribution in [0.4, 0.5) is 0 Å². The molecule has 0 fully saturated rings. The summed E-state index contributed by atoms with van der Waals surface area (Å²) in [4.78, 5) is 23.2. The topological polar surface area (TPSA) is 81.4 Å². The smallest absolute Gasteiger partial charge is 0.328 e. The van der Waals surface area contributed by atoms with Gasteiger partial charge in [-0.1, -0.05) is 27.2 Å². The van der Waals surface area contributed by atoms with Gasteiger partial charge in [-0.05, 0) is 12.3 Å². The molecule has 0 aliphatic carbocycles. The zero-order valence-electron chi connectivity index (χ0n) is 11.2. The number of nitrogens with one attached hydrogen (secondary N) is 1. The Hall–Kier alpha value is -1.10. The fourth-order valence-electron chi connectivity index (χ4n) is 1.41. The Morgan fingerprint density at radius 3 is 2.29 bits per heavy atom. The number of hydrogen-bond donors (Lipinski definition) is 2. The van der Waals surface area contributed by atoms with E-state index in [1.54, 1.807) is 0 Å². The van der Waals surface area contributed by atoms with Crippen LogP contribution < -0.4 is 11.1 Å². The van der Waals surface area contributed by atoms with Gasteiger partial charge in [0, 0.05) is 12.5 Å². The summed E-state index contributed by atoms with van der Waals surface area (Å²) in [5, 5.41) is 2.69. The van der Waals surface area contributed by atoms with Gasteiger partial charge in [0.05, 0.1) is 7.11 Å². The predicted molar refractivity (Wildman–Crippen MR) is 66.3 cm³/mol. The normalized spacial score (nSPS) is 15.8. The van der Waals surface area contributed by atoms with E-state index in [-0.39, 0.29) is 24.3 Å². The number of amides is 1. The summed E-state index contributed by atoms with van der Waals surface area (Å²) < 4.78 is 4.68. The summed E-state index contributed by atoms with van der Waals surface area (Å²) in [7, 11) is 1.32. The monoisotopic (exact) mass is 244 g/mol. The molecule has 0 aromatic carbocycles. The molecule has 100 valence electrons. The van der Waals surface area contributed by atoms with Gasteiger partial charge in [0.2, 0.25) is 5.91 Å². The molecule has 0 spiro atoms. The minimum atomic E-state index is -0.582. The Labute approximate surface area is 103 Å². The average molecular weight is 244 g/mol. The maximum Gasteiger partial charge on any atom is 0.328 e. The molecule has 3 atom stereocenters. The molecule has 0 aromatic rings. The first kappa shape index (κ1) is 15.9. The van der Waals surface area contributed by atoms with Crippen molar-refractivity contribution >= 4 is 11.9 Å². The van der Waals surface area contributed by atoms with Crippen LogP contribution in [-0.4, -0.2) is 31.1 Å². The standard InChI is InChI=1S/C12H24N2O3/c1-5-8(3)11(12(16)17-4)14-10(15)7-9(13)6-2/h8-9,11H,5-7,13H2,1-4H3,(H,14,15). The van der Waals surface area contributed by atoms with E-state index in [9.17, 15) is 9.59 Å². The molecule has 0 saturated heterocycles. The highest BCUT2D eigenvalue weighted by molar-refractivity contribution is 5.84. The maximum absolute atomic E-state index is 11.7. The molecular formula is C12H24N2O3. The van der Waals surface area contributed by atoms with Crippen LogP contribution in [-0.2, 0) is 14.3 Å². The third kappa shape index (κ3) is 5.68. The first-order chi connectivity index (χ1) is 7.96. The largest absolute Gasteiger partial charge is 0.467 e. The third-order valence-corrected chi connectivity index (χ3v) is 2.96. The number of carbonyl (C=O) groups excluding carboxylic acids is 2. The molecule has 0 aromatic heterocycles. The zero-order chi connectivity index (χ0) is 13.4. The van der Waals surface area contributed by atoms with E-state index >= 15 is 0 Å². The number of ether oxygens (including phenoxy) is 1. The van der Waals surface area contributed by atoms with Gasteiger partial charge in [0.1, 0.15) is 6.04 Å². The van der Waals surface area contributed by atoms with Crippen LogP contribution in [0.15, 0.2) is 0 Å². The molecule has 0 aliphatic rings. The van der Waals surface area contributed by atoms with E-state index in [1.165, 1.54) is 7.11 Å². The lowest BCUT2D eigenvalue weighted by Gasteiger charge is -2.22. The molecule has 1 amide bonds. The molecule has 5 nitrogen and oxygen atoms in total. The van der Waals surface area contributed by atoms with Gasteiger partial charge in [-0.15, -0.1) is 0 Å². The second kappa shape index (κ2) is 8.06. The molecular weight excluding hydrogens is 220 g/mol. The zero-order valence-corrected chi connectivity index (χ0v) is 11.2. The molecule has 0 heterocycles. The van der Waals surface area contributed by atoms with Gasteiger partial charge >= 0.3 is 5.97 Å². The van der Waals surface area contributed by atoms with Crippen molar-refractivity contribution in [3.63, 3.8) is 0 Å². The maximum atomic E-state index is 11.7. The number of esters is 1. The Kier molecular flexibility index (Phi) is 7.54. The van der Waals surface area contributed by atoms with Crippen LogP contribution in [0.25, 0.3) is 0 Å². The van der Waals surface area contributed by atoms with Gasteiger partial charge in [-0.25, -0.2) is 4.79 Å². The first-order valence-electron chi connectivity index (χ1n) is 6.08. The summed E-state index contributed by atoms with van der Waals surface area (Å²) in [6.07, 6.45) is 1.76. The van der Waals surface area contributed by atoms with Crippen molar-refractivity contribution in [1.82, 2.24) is 5.32 Å². The summed E-state index contributed by atoms with van der Waals surface area (Å²) >= 11 is 0. The van der Waals surface area contributed by atoms with Crippen LogP contribution in [0, 0.1) is 5.92 Å². The fourth-order valence-corrected chi connectivity index (χ4v) is 1.41. The number of hydrogen-bond acceptors (Lipinski definition) is 4. The second-order valence-electron chi connectivity index (χ2n) is 4.33. The highest BCUT2D eigenvalue weighted by atomic mass is 16.5. The summed E-state index contributed by atoms with van der Waals surface area (Å²) in [6, 6.07) is -0.744. The van der Waals surface area contributed by atoms with Crippen molar-refractivity contribution < 1.29 is 14.3 Å².